The maximum absolute atomic E-state index is 13.3. The van der Waals surface area contributed by atoms with Crippen LogP contribution < -0.4 is 4.90 Å². The van der Waals surface area contributed by atoms with Gasteiger partial charge in [0.2, 0.25) is 10.0 Å². The average Bonchev–Trinajstić information content (AvgIpc) is 3.12. The van der Waals surface area contributed by atoms with Crippen molar-refractivity contribution in [3.8, 4) is 5.69 Å². The highest BCUT2D eigenvalue weighted by atomic mass is 32.2. The van der Waals surface area contributed by atoms with Crippen LogP contribution >= 0.6 is 0 Å². The van der Waals surface area contributed by atoms with E-state index in [1.807, 2.05) is 60.3 Å². The first-order chi connectivity index (χ1) is 17.0. The topological polar surface area (TPSA) is 84.2 Å². The molecule has 1 fully saturated rings. The Morgan fingerprint density at radius 3 is 2.43 bits per heavy atom. The lowest BCUT2D eigenvalue weighted by Crippen LogP contribution is -2.35. The molecule has 2 aromatic heterocycles. The molecule has 5 rings (SSSR count). The molecular weight excluding hydrogens is 460 g/mol. The minimum atomic E-state index is -3.54. The number of hydrogen-bond donors (Lipinski definition) is 0. The van der Waals surface area contributed by atoms with E-state index in [0.717, 1.165) is 46.8 Å². The van der Waals surface area contributed by atoms with Crippen LogP contribution in [0, 0.1) is 6.92 Å². The second-order valence-corrected chi connectivity index (χ2v) is 10.8. The molecular formula is C26H30N6O2S. The van der Waals surface area contributed by atoms with Gasteiger partial charge in [0.05, 0.1) is 22.2 Å². The van der Waals surface area contributed by atoms with E-state index in [-0.39, 0.29) is 0 Å². The molecule has 35 heavy (non-hydrogen) atoms. The van der Waals surface area contributed by atoms with Gasteiger partial charge >= 0.3 is 0 Å². The zero-order valence-corrected chi connectivity index (χ0v) is 20.9. The first kappa shape index (κ1) is 23.4. The highest BCUT2D eigenvalue weighted by Crippen LogP contribution is 2.28. The fraction of sp³-hybridized carbons (Fsp3) is 0.346. The minimum Gasteiger partial charge on any atom is -0.355 e. The van der Waals surface area contributed by atoms with Crippen LogP contribution in [0.2, 0.25) is 0 Å². The number of fused-ring (bicyclic) bond motifs is 1. The van der Waals surface area contributed by atoms with E-state index in [2.05, 4.69) is 16.9 Å². The molecule has 0 N–H and O–H groups in total. The van der Waals surface area contributed by atoms with Gasteiger partial charge in [0.25, 0.3) is 0 Å². The monoisotopic (exact) mass is 490 g/mol. The van der Waals surface area contributed by atoms with Crippen molar-refractivity contribution in [2.45, 2.75) is 38.0 Å². The number of rotatable bonds is 6. The molecule has 9 heteroatoms. The van der Waals surface area contributed by atoms with E-state index in [9.17, 15) is 8.42 Å². The van der Waals surface area contributed by atoms with Crippen LogP contribution in [0.25, 0.3) is 16.7 Å². The molecule has 1 aliphatic rings. The summed E-state index contributed by atoms with van der Waals surface area (Å²) in [7, 11) is -3.54. The Kier molecular flexibility index (Phi) is 6.53. The van der Waals surface area contributed by atoms with Gasteiger partial charge in [-0.3, -0.25) is 0 Å². The second kappa shape index (κ2) is 9.75. The Morgan fingerprint density at radius 1 is 0.914 bits per heavy atom. The summed E-state index contributed by atoms with van der Waals surface area (Å²) in [5.74, 6) is 1.61. The molecule has 0 amide bonds. The quantitative estimate of drug-likeness (QED) is 0.407. The highest BCUT2D eigenvalue weighted by molar-refractivity contribution is 7.89. The van der Waals surface area contributed by atoms with E-state index in [1.54, 1.807) is 16.4 Å². The molecule has 0 spiro atoms. The van der Waals surface area contributed by atoms with Gasteiger partial charge in [0.15, 0.2) is 5.65 Å². The predicted octanol–water partition coefficient (Wildman–Crippen LogP) is 3.98. The van der Waals surface area contributed by atoms with Gasteiger partial charge in [0, 0.05) is 32.6 Å². The van der Waals surface area contributed by atoms with E-state index >= 15 is 0 Å². The maximum atomic E-state index is 13.3. The van der Waals surface area contributed by atoms with Crippen LogP contribution in [0.1, 0.15) is 31.2 Å². The first-order valence-electron chi connectivity index (χ1n) is 12.1. The fourth-order valence-corrected chi connectivity index (χ4v) is 5.95. The van der Waals surface area contributed by atoms with Crippen molar-refractivity contribution in [1.29, 1.82) is 0 Å². The summed E-state index contributed by atoms with van der Waals surface area (Å²) in [5, 5.41) is 5.51. The molecule has 8 nitrogen and oxygen atoms in total. The number of benzene rings is 2. The molecule has 0 bridgehead atoms. The molecule has 2 aromatic carbocycles. The van der Waals surface area contributed by atoms with E-state index < -0.39 is 10.0 Å². The smallest absolute Gasteiger partial charge is 0.243 e. The Labute approximate surface area is 206 Å². The summed E-state index contributed by atoms with van der Waals surface area (Å²) in [6.07, 6.45) is 4.24. The third-order valence-electron chi connectivity index (χ3n) is 6.34. The highest BCUT2D eigenvalue weighted by Gasteiger charge is 2.28. The molecule has 0 radical (unpaired) electrons. The minimum absolute atomic E-state index is 0.343. The average molecular weight is 491 g/mol. The zero-order valence-electron chi connectivity index (χ0n) is 20.1. The molecule has 1 aliphatic heterocycles. The number of sulfonamides is 1. The van der Waals surface area contributed by atoms with Crippen LogP contribution in [-0.4, -0.2) is 58.7 Å². The standard InChI is InChI=1S/C26H30N6O2S/c1-3-8-24-28-25(23-19-27-32(26(23)29-24)21-9-5-4-6-10-21)30-15-7-16-31(18-17-30)35(33,34)22-13-11-20(2)12-14-22/h4-6,9-14,19H,3,7-8,15-18H2,1-2H3. The fourth-order valence-electron chi connectivity index (χ4n) is 4.48. The van der Waals surface area contributed by atoms with Crippen LogP contribution in [0.15, 0.2) is 65.7 Å². The summed E-state index contributed by atoms with van der Waals surface area (Å²) in [6, 6.07) is 17.0. The van der Waals surface area contributed by atoms with Crippen LogP contribution in [-0.2, 0) is 16.4 Å². The van der Waals surface area contributed by atoms with Crippen LogP contribution in [0.3, 0.4) is 0 Å². The van der Waals surface area contributed by atoms with Crippen molar-refractivity contribution < 1.29 is 8.42 Å². The van der Waals surface area contributed by atoms with Gasteiger partial charge in [-0.05, 0) is 44.0 Å². The number of nitrogens with zero attached hydrogens (tertiary/aromatic N) is 6. The Balaban J connectivity index is 1.47. The molecule has 4 aromatic rings. The number of aryl methyl sites for hydroxylation is 2. The van der Waals surface area contributed by atoms with Gasteiger partial charge in [-0.25, -0.2) is 23.1 Å². The summed E-state index contributed by atoms with van der Waals surface area (Å²) < 4.78 is 30.0. The lowest BCUT2D eigenvalue weighted by Gasteiger charge is -2.23. The number of aromatic nitrogens is 4. The Morgan fingerprint density at radius 2 is 1.69 bits per heavy atom. The predicted molar refractivity (Wildman–Crippen MR) is 137 cm³/mol. The number of para-hydroxylation sites is 1. The van der Waals surface area contributed by atoms with Crippen molar-refractivity contribution in [1.82, 2.24) is 24.1 Å². The summed E-state index contributed by atoms with van der Waals surface area (Å²) in [6.45, 7) is 6.22. The molecule has 0 saturated carbocycles. The van der Waals surface area contributed by atoms with Crippen molar-refractivity contribution in [3.63, 3.8) is 0 Å². The van der Waals surface area contributed by atoms with Gasteiger partial charge < -0.3 is 4.90 Å². The third-order valence-corrected chi connectivity index (χ3v) is 8.26. The van der Waals surface area contributed by atoms with Gasteiger partial charge in [0.1, 0.15) is 11.6 Å². The molecule has 0 aliphatic carbocycles. The van der Waals surface area contributed by atoms with E-state index in [1.165, 1.54) is 0 Å². The lowest BCUT2D eigenvalue weighted by atomic mass is 10.2. The molecule has 1 saturated heterocycles. The number of hydrogen-bond acceptors (Lipinski definition) is 6. The van der Waals surface area contributed by atoms with Crippen molar-refractivity contribution in [3.05, 3.63) is 72.2 Å². The lowest BCUT2D eigenvalue weighted by molar-refractivity contribution is 0.433. The first-order valence-corrected chi connectivity index (χ1v) is 13.5. The summed E-state index contributed by atoms with van der Waals surface area (Å²) >= 11 is 0. The molecule has 0 atom stereocenters. The van der Waals surface area contributed by atoms with Gasteiger partial charge in [-0.2, -0.15) is 9.40 Å². The zero-order chi connectivity index (χ0) is 24.4. The third kappa shape index (κ3) is 4.66. The largest absolute Gasteiger partial charge is 0.355 e. The summed E-state index contributed by atoms with van der Waals surface area (Å²) in [4.78, 5) is 12.3. The molecule has 3 heterocycles. The Hall–Kier alpha value is -3.30. The van der Waals surface area contributed by atoms with Crippen LogP contribution in [0.5, 0.6) is 0 Å². The normalized spacial score (nSPS) is 15.4. The maximum Gasteiger partial charge on any atom is 0.243 e. The van der Waals surface area contributed by atoms with Gasteiger partial charge in [-0.1, -0.05) is 42.8 Å². The van der Waals surface area contributed by atoms with Crippen LogP contribution in [0.4, 0.5) is 5.82 Å². The van der Waals surface area contributed by atoms with E-state index in [0.29, 0.717) is 37.5 Å². The van der Waals surface area contributed by atoms with Crippen molar-refractivity contribution >= 4 is 26.9 Å². The second-order valence-electron chi connectivity index (χ2n) is 8.90. The summed E-state index contributed by atoms with van der Waals surface area (Å²) in [5.41, 5.74) is 2.76. The van der Waals surface area contributed by atoms with Crippen molar-refractivity contribution in [2.75, 3.05) is 31.1 Å². The molecule has 182 valence electrons. The number of anilines is 1. The van der Waals surface area contributed by atoms with E-state index in [4.69, 9.17) is 9.97 Å². The van der Waals surface area contributed by atoms with Gasteiger partial charge in [-0.15, -0.1) is 0 Å². The molecule has 0 unspecified atom stereocenters. The SMILES string of the molecule is CCCc1nc(N2CCCN(S(=O)(=O)c3ccc(C)cc3)CC2)c2cnn(-c3ccccc3)c2n1. The Bertz CT molecular complexity index is 1420. The van der Waals surface area contributed by atoms with Crippen molar-refractivity contribution in [2.24, 2.45) is 0 Å².